The van der Waals surface area contributed by atoms with E-state index in [0.29, 0.717) is 13.0 Å². The topological polar surface area (TPSA) is 66.4 Å². The zero-order valence-electron chi connectivity index (χ0n) is 10.0. The second-order valence-corrected chi connectivity index (χ2v) is 7.17. The summed E-state index contributed by atoms with van der Waals surface area (Å²) in [5.74, 6) is 0.224. The Morgan fingerprint density at radius 3 is 2.38 bits per heavy atom. The number of hydrogen-bond acceptors (Lipinski definition) is 4. The van der Waals surface area contributed by atoms with Crippen molar-refractivity contribution in [2.75, 3.05) is 25.2 Å². The third-order valence-electron chi connectivity index (χ3n) is 3.31. The first-order chi connectivity index (χ1) is 7.47. The van der Waals surface area contributed by atoms with Crippen molar-refractivity contribution in [3.63, 3.8) is 0 Å². The highest BCUT2D eigenvalue weighted by molar-refractivity contribution is 7.90. The minimum absolute atomic E-state index is 0.143. The lowest BCUT2D eigenvalue weighted by molar-refractivity contribution is 0.121. The van der Waals surface area contributed by atoms with Crippen LogP contribution in [0.3, 0.4) is 0 Å². The fourth-order valence-electron chi connectivity index (χ4n) is 2.31. The minimum Gasteiger partial charge on any atom is -0.394 e. The molecule has 1 fully saturated rings. The average Bonchev–Trinajstić information content (AvgIpc) is 2.25. The van der Waals surface area contributed by atoms with Crippen LogP contribution >= 0.6 is 0 Å². The molecule has 4 nitrogen and oxygen atoms in total. The number of sulfone groups is 1. The van der Waals surface area contributed by atoms with E-state index in [1.54, 1.807) is 0 Å². The number of hydrogen-bond donors (Lipinski definition) is 2. The molecule has 0 heterocycles. The lowest BCUT2D eigenvalue weighted by Gasteiger charge is -2.36. The highest BCUT2D eigenvalue weighted by Crippen LogP contribution is 2.27. The van der Waals surface area contributed by atoms with Crippen LogP contribution in [0.15, 0.2) is 0 Å². The van der Waals surface area contributed by atoms with Gasteiger partial charge in [-0.1, -0.05) is 19.3 Å². The minimum atomic E-state index is -2.86. The van der Waals surface area contributed by atoms with E-state index in [0.717, 1.165) is 25.7 Å². The van der Waals surface area contributed by atoms with Gasteiger partial charge in [-0.25, -0.2) is 8.42 Å². The molecule has 1 rings (SSSR count). The summed E-state index contributed by atoms with van der Waals surface area (Å²) >= 11 is 0. The summed E-state index contributed by atoms with van der Waals surface area (Å²) < 4.78 is 21.9. The van der Waals surface area contributed by atoms with Gasteiger partial charge < -0.3 is 10.4 Å². The van der Waals surface area contributed by atoms with E-state index in [1.807, 2.05) is 0 Å². The maximum Gasteiger partial charge on any atom is 0.147 e. The van der Waals surface area contributed by atoms with E-state index >= 15 is 0 Å². The molecule has 5 heteroatoms. The van der Waals surface area contributed by atoms with Crippen molar-refractivity contribution in [2.45, 2.75) is 44.1 Å². The molecular formula is C11H23NO3S. The summed E-state index contributed by atoms with van der Waals surface area (Å²) in [5, 5.41) is 12.8. The van der Waals surface area contributed by atoms with Gasteiger partial charge in [-0.05, 0) is 25.8 Å². The molecule has 0 unspecified atom stereocenters. The number of rotatable bonds is 6. The van der Waals surface area contributed by atoms with E-state index in [4.69, 9.17) is 0 Å². The number of aliphatic hydroxyl groups excluding tert-OH is 1. The van der Waals surface area contributed by atoms with Gasteiger partial charge in [0.05, 0.1) is 12.4 Å². The molecule has 0 radical (unpaired) electrons. The first kappa shape index (κ1) is 13.9. The Hall–Kier alpha value is -0.130. The molecule has 0 atom stereocenters. The van der Waals surface area contributed by atoms with Crippen molar-refractivity contribution in [2.24, 2.45) is 0 Å². The lowest BCUT2D eigenvalue weighted by atomic mass is 9.82. The van der Waals surface area contributed by atoms with Crippen molar-refractivity contribution >= 4 is 9.84 Å². The van der Waals surface area contributed by atoms with E-state index in [9.17, 15) is 13.5 Å². The van der Waals surface area contributed by atoms with E-state index in [2.05, 4.69) is 5.32 Å². The lowest BCUT2D eigenvalue weighted by Crippen LogP contribution is -2.50. The van der Waals surface area contributed by atoms with Crippen LogP contribution in [0.4, 0.5) is 0 Å². The molecule has 0 aromatic carbocycles. The van der Waals surface area contributed by atoms with Crippen LogP contribution in [0.5, 0.6) is 0 Å². The van der Waals surface area contributed by atoms with Gasteiger partial charge in [0, 0.05) is 11.8 Å². The van der Waals surface area contributed by atoms with Crippen molar-refractivity contribution in [3.8, 4) is 0 Å². The van der Waals surface area contributed by atoms with Gasteiger partial charge in [-0.3, -0.25) is 0 Å². The molecule has 0 aliphatic heterocycles. The highest BCUT2D eigenvalue weighted by atomic mass is 32.2. The quantitative estimate of drug-likeness (QED) is 0.680. The van der Waals surface area contributed by atoms with Crippen molar-refractivity contribution in [1.29, 1.82) is 0 Å². The Labute approximate surface area is 98.4 Å². The van der Waals surface area contributed by atoms with Gasteiger partial charge in [-0.2, -0.15) is 0 Å². The molecule has 0 aromatic rings. The summed E-state index contributed by atoms with van der Waals surface area (Å²) in [4.78, 5) is 0. The van der Waals surface area contributed by atoms with E-state index in [-0.39, 0.29) is 17.9 Å². The predicted octanol–water partition coefficient (Wildman–Crippen LogP) is 0.706. The van der Waals surface area contributed by atoms with Gasteiger partial charge in [-0.15, -0.1) is 0 Å². The first-order valence-electron chi connectivity index (χ1n) is 6.01. The number of nitrogens with one attached hydrogen (secondary N) is 1. The largest absolute Gasteiger partial charge is 0.394 e. The third-order valence-corrected chi connectivity index (χ3v) is 4.34. The molecule has 1 aliphatic rings. The summed E-state index contributed by atoms with van der Waals surface area (Å²) in [6.45, 7) is 0.833. The molecule has 1 aliphatic carbocycles. The standard InChI is InChI=1S/C11H23NO3S/c1-16(14,15)9-5-8-12-11(10-13)6-3-2-4-7-11/h12-13H,2-10H2,1H3. The molecular weight excluding hydrogens is 226 g/mol. The monoisotopic (exact) mass is 249 g/mol. The molecule has 0 spiro atoms. The Kier molecular flexibility index (Phi) is 5.21. The van der Waals surface area contributed by atoms with Crippen LogP contribution in [0.1, 0.15) is 38.5 Å². The molecule has 0 saturated heterocycles. The van der Waals surface area contributed by atoms with Crippen LogP contribution in [0.2, 0.25) is 0 Å². The van der Waals surface area contributed by atoms with Crippen molar-refractivity contribution in [1.82, 2.24) is 5.32 Å². The first-order valence-corrected chi connectivity index (χ1v) is 8.07. The van der Waals surface area contributed by atoms with Crippen LogP contribution < -0.4 is 5.32 Å². The summed E-state index contributed by atoms with van der Waals surface area (Å²) in [5.41, 5.74) is -0.143. The molecule has 2 N–H and O–H groups in total. The molecule has 1 saturated carbocycles. The summed E-state index contributed by atoms with van der Waals surface area (Å²) in [6, 6.07) is 0. The Balaban J connectivity index is 2.28. The van der Waals surface area contributed by atoms with Crippen molar-refractivity contribution < 1.29 is 13.5 Å². The van der Waals surface area contributed by atoms with E-state index in [1.165, 1.54) is 12.7 Å². The fourth-order valence-corrected chi connectivity index (χ4v) is 2.98. The van der Waals surface area contributed by atoms with Gasteiger partial charge >= 0.3 is 0 Å². The summed E-state index contributed by atoms with van der Waals surface area (Å²) in [7, 11) is -2.86. The zero-order valence-corrected chi connectivity index (χ0v) is 10.9. The second kappa shape index (κ2) is 5.98. The Morgan fingerprint density at radius 2 is 1.88 bits per heavy atom. The maximum atomic E-state index is 11.0. The van der Waals surface area contributed by atoms with Gasteiger partial charge in [0.1, 0.15) is 9.84 Å². The highest BCUT2D eigenvalue weighted by Gasteiger charge is 2.30. The maximum absolute atomic E-state index is 11.0. The van der Waals surface area contributed by atoms with Gasteiger partial charge in [0.25, 0.3) is 0 Å². The molecule has 0 amide bonds. The Morgan fingerprint density at radius 1 is 1.25 bits per heavy atom. The molecule has 0 aromatic heterocycles. The molecule has 0 bridgehead atoms. The normalized spacial score (nSPS) is 20.9. The zero-order chi connectivity index (χ0) is 12.1. The second-order valence-electron chi connectivity index (χ2n) is 4.91. The van der Waals surface area contributed by atoms with E-state index < -0.39 is 9.84 Å². The predicted molar refractivity (Wildman–Crippen MR) is 65.2 cm³/mol. The van der Waals surface area contributed by atoms with Crippen LogP contribution in [0, 0.1) is 0 Å². The third kappa shape index (κ3) is 4.80. The van der Waals surface area contributed by atoms with Crippen LogP contribution in [-0.4, -0.2) is 44.2 Å². The summed E-state index contributed by atoms with van der Waals surface area (Å²) in [6.07, 6.45) is 7.44. The fraction of sp³-hybridized carbons (Fsp3) is 1.00. The van der Waals surface area contributed by atoms with Gasteiger partial charge in [0.2, 0.25) is 0 Å². The van der Waals surface area contributed by atoms with Gasteiger partial charge in [0.15, 0.2) is 0 Å². The Bertz CT molecular complexity index is 294. The SMILES string of the molecule is CS(=O)(=O)CCCNC1(CO)CCCCC1. The molecule has 96 valence electrons. The molecule has 16 heavy (non-hydrogen) atoms. The number of aliphatic hydroxyl groups is 1. The van der Waals surface area contributed by atoms with Crippen LogP contribution in [0.25, 0.3) is 0 Å². The average molecular weight is 249 g/mol. The van der Waals surface area contributed by atoms with Crippen LogP contribution in [-0.2, 0) is 9.84 Å². The van der Waals surface area contributed by atoms with Crippen molar-refractivity contribution in [3.05, 3.63) is 0 Å². The smallest absolute Gasteiger partial charge is 0.147 e.